The van der Waals surface area contributed by atoms with E-state index < -0.39 is 0 Å². The van der Waals surface area contributed by atoms with Crippen LogP contribution < -0.4 is 11.1 Å². The molecule has 1 aliphatic carbocycles. The Balaban J connectivity index is 1.88. The fourth-order valence-electron chi connectivity index (χ4n) is 2.08. The van der Waals surface area contributed by atoms with E-state index in [4.69, 9.17) is 5.73 Å². The molecule has 1 aromatic rings. The van der Waals surface area contributed by atoms with Gasteiger partial charge in [0.1, 0.15) is 12.2 Å². The van der Waals surface area contributed by atoms with Crippen LogP contribution in [0.5, 0.6) is 0 Å². The number of amides is 1. The van der Waals surface area contributed by atoms with E-state index in [1.54, 1.807) is 0 Å². The molecule has 0 saturated heterocycles. The van der Waals surface area contributed by atoms with Gasteiger partial charge in [0.15, 0.2) is 0 Å². The molecule has 0 bridgehead atoms. The molecule has 16 heavy (non-hydrogen) atoms. The Kier molecular flexibility index (Phi) is 3.19. The number of rotatable bonds is 3. The summed E-state index contributed by atoms with van der Waals surface area (Å²) in [5, 5.41) is 9.41. The van der Waals surface area contributed by atoms with E-state index in [0.717, 1.165) is 19.3 Å². The Morgan fingerprint density at radius 2 is 2.50 bits per heavy atom. The van der Waals surface area contributed by atoms with Crippen LogP contribution in [0.25, 0.3) is 0 Å². The van der Waals surface area contributed by atoms with Crippen molar-refractivity contribution in [3.05, 3.63) is 12.2 Å². The molecule has 0 radical (unpaired) electrons. The van der Waals surface area contributed by atoms with E-state index in [0.29, 0.717) is 5.82 Å². The summed E-state index contributed by atoms with van der Waals surface area (Å²) in [5.74, 6) is 0.799. The number of hydrogen-bond acceptors (Lipinski definition) is 4. The van der Waals surface area contributed by atoms with Crippen LogP contribution in [0.1, 0.15) is 38.1 Å². The predicted molar refractivity (Wildman–Crippen MR) is 58.3 cm³/mol. The second kappa shape index (κ2) is 4.61. The normalized spacial score (nSPS) is 26.6. The monoisotopic (exact) mass is 223 g/mol. The molecular formula is C10H17N5O. The third kappa shape index (κ3) is 2.38. The molecule has 1 heterocycles. The molecular weight excluding hydrogens is 206 g/mol. The summed E-state index contributed by atoms with van der Waals surface area (Å²) in [4.78, 5) is 15.9. The van der Waals surface area contributed by atoms with E-state index in [1.165, 1.54) is 6.33 Å². The SMILES string of the molecule is CC(NC(=O)C1CCC(N)C1)c1ncn[nH]1. The molecule has 3 unspecified atom stereocenters. The van der Waals surface area contributed by atoms with Gasteiger partial charge in [-0.2, -0.15) is 5.10 Å². The average Bonchev–Trinajstić information content (AvgIpc) is 2.87. The molecule has 3 atom stereocenters. The zero-order chi connectivity index (χ0) is 11.5. The van der Waals surface area contributed by atoms with Gasteiger partial charge in [0.2, 0.25) is 5.91 Å². The zero-order valence-electron chi connectivity index (χ0n) is 9.31. The maximum absolute atomic E-state index is 11.9. The second-order valence-electron chi connectivity index (χ2n) is 4.37. The number of aromatic nitrogens is 3. The van der Waals surface area contributed by atoms with Crippen molar-refractivity contribution >= 4 is 5.91 Å². The van der Waals surface area contributed by atoms with Crippen molar-refractivity contribution in [1.82, 2.24) is 20.5 Å². The lowest BCUT2D eigenvalue weighted by atomic mass is 10.1. The maximum atomic E-state index is 11.9. The number of carbonyl (C=O) groups is 1. The highest BCUT2D eigenvalue weighted by molar-refractivity contribution is 5.79. The summed E-state index contributed by atoms with van der Waals surface area (Å²) in [6, 6.07) is 0.0446. The van der Waals surface area contributed by atoms with E-state index in [9.17, 15) is 4.79 Å². The van der Waals surface area contributed by atoms with Gasteiger partial charge in [-0.15, -0.1) is 0 Å². The highest BCUT2D eigenvalue weighted by Crippen LogP contribution is 2.24. The van der Waals surface area contributed by atoms with Crippen LogP contribution in [-0.4, -0.2) is 27.1 Å². The summed E-state index contributed by atoms with van der Waals surface area (Å²) in [7, 11) is 0. The molecule has 6 heteroatoms. The molecule has 0 spiro atoms. The van der Waals surface area contributed by atoms with Gasteiger partial charge in [-0.1, -0.05) is 0 Å². The van der Waals surface area contributed by atoms with Crippen LogP contribution in [0.15, 0.2) is 6.33 Å². The number of nitrogens with zero attached hydrogens (tertiary/aromatic N) is 2. The predicted octanol–water partition coefficient (Wildman–Crippen LogP) is 0.109. The van der Waals surface area contributed by atoms with Crippen LogP contribution in [-0.2, 0) is 4.79 Å². The molecule has 4 N–H and O–H groups in total. The second-order valence-corrected chi connectivity index (χ2v) is 4.37. The first-order valence-electron chi connectivity index (χ1n) is 5.58. The summed E-state index contributed by atoms with van der Waals surface area (Å²) in [6.45, 7) is 1.88. The summed E-state index contributed by atoms with van der Waals surface area (Å²) in [6.07, 6.45) is 4.04. The van der Waals surface area contributed by atoms with Gasteiger partial charge >= 0.3 is 0 Å². The first-order chi connectivity index (χ1) is 7.66. The minimum atomic E-state index is -0.133. The number of aromatic amines is 1. The third-order valence-electron chi connectivity index (χ3n) is 3.05. The van der Waals surface area contributed by atoms with Crippen molar-refractivity contribution in [3.8, 4) is 0 Å². The largest absolute Gasteiger partial charge is 0.346 e. The molecule has 1 saturated carbocycles. The molecule has 88 valence electrons. The molecule has 0 aliphatic heterocycles. The van der Waals surface area contributed by atoms with Crippen molar-refractivity contribution < 1.29 is 4.79 Å². The van der Waals surface area contributed by atoms with Crippen molar-refractivity contribution in [2.24, 2.45) is 11.7 Å². The first-order valence-corrected chi connectivity index (χ1v) is 5.58. The van der Waals surface area contributed by atoms with Crippen LogP contribution in [0, 0.1) is 5.92 Å². The van der Waals surface area contributed by atoms with Crippen molar-refractivity contribution in [3.63, 3.8) is 0 Å². The summed E-state index contributed by atoms with van der Waals surface area (Å²) >= 11 is 0. The van der Waals surface area contributed by atoms with Crippen molar-refractivity contribution in [2.45, 2.75) is 38.3 Å². The molecule has 6 nitrogen and oxygen atoms in total. The van der Waals surface area contributed by atoms with E-state index >= 15 is 0 Å². The first kappa shape index (κ1) is 11.1. The molecule has 1 fully saturated rings. The Morgan fingerprint density at radius 3 is 3.06 bits per heavy atom. The number of nitrogens with one attached hydrogen (secondary N) is 2. The summed E-state index contributed by atoms with van der Waals surface area (Å²) < 4.78 is 0. The van der Waals surface area contributed by atoms with Crippen molar-refractivity contribution in [1.29, 1.82) is 0 Å². The Hall–Kier alpha value is -1.43. The zero-order valence-corrected chi connectivity index (χ0v) is 9.31. The van der Waals surface area contributed by atoms with E-state index in [-0.39, 0.29) is 23.9 Å². The van der Waals surface area contributed by atoms with Gasteiger partial charge in [0.25, 0.3) is 0 Å². The van der Waals surface area contributed by atoms with E-state index in [1.807, 2.05) is 6.92 Å². The van der Waals surface area contributed by atoms with Crippen LogP contribution in [0.3, 0.4) is 0 Å². The third-order valence-corrected chi connectivity index (χ3v) is 3.05. The number of nitrogens with two attached hydrogens (primary N) is 1. The van der Waals surface area contributed by atoms with Crippen LogP contribution in [0.4, 0.5) is 0 Å². The maximum Gasteiger partial charge on any atom is 0.223 e. The highest BCUT2D eigenvalue weighted by atomic mass is 16.1. The molecule has 1 aliphatic rings. The van der Waals surface area contributed by atoms with Gasteiger partial charge in [-0.3, -0.25) is 9.89 Å². The topological polar surface area (TPSA) is 96.7 Å². The molecule has 2 rings (SSSR count). The lowest BCUT2D eigenvalue weighted by Gasteiger charge is -2.14. The Bertz CT molecular complexity index is 350. The van der Waals surface area contributed by atoms with Crippen molar-refractivity contribution in [2.75, 3.05) is 0 Å². The minimum Gasteiger partial charge on any atom is -0.346 e. The highest BCUT2D eigenvalue weighted by Gasteiger charge is 2.28. The number of hydrogen-bond donors (Lipinski definition) is 3. The van der Waals surface area contributed by atoms with Gasteiger partial charge in [-0.05, 0) is 26.2 Å². The molecule has 0 aromatic carbocycles. The fraction of sp³-hybridized carbons (Fsp3) is 0.700. The van der Waals surface area contributed by atoms with Gasteiger partial charge < -0.3 is 11.1 Å². The standard InChI is InChI=1S/C10H17N5O/c1-6(9-12-5-13-15-9)14-10(16)7-2-3-8(11)4-7/h5-8H,2-4,11H2,1H3,(H,14,16)(H,12,13,15). The van der Waals surface area contributed by atoms with Gasteiger partial charge in [0.05, 0.1) is 6.04 Å². The Labute approximate surface area is 94.0 Å². The quantitative estimate of drug-likeness (QED) is 0.677. The average molecular weight is 223 g/mol. The van der Waals surface area contributed by atoms with Crippen LogP contribution in [0.2, 0.25) is 0 Å². The lowest BCUT2D eigenvalue weighted by molar-refractivity contribution is -0.125. The Morgan fingerprint density at radius 1 is 1.69 bits per heavy atom. The smallest absolute Gasteiger partial charge is 0.223 e. The number of H-pyrrole nitrogens is 1. The fourth-order valence-corrected chi connectivity index (χ4v) is 2.08. The molecule has 1 aromatic heterocycles. The summed E-state index contributed by atoms with van der Waals surface area (Å²) in [5.41, 5.74) is 5.78. The van der Waals surface area contributed by atoms with Gasteiger partial charge in [-0.25, -0.2) is 4.98 Å². The van der Waals surface area contributed by atoms with E-state index in [2.05, 4.69) is 20.5 Å². The van der Waals surface area contributed by atoms with Gasteiger partial charge in [0, 0.05) is 12.0 Å². The molecule has 1 amide bonds. The van der Waals surface area contributed by atoms with Crippen LogP contribution >= 0.6 is 0 Å². The number of carbonyl (C=O) groups excluding carboxylic acids is 1. The lowest BCUT2D eigenvalue weighted by Crippen LogP contribution is -2.33. The minimum absolute atomic E-state index is 0.0559.